The van der Waals surface area contributed by atoms with E-state index < -0.39 is 5.91 Å². The average molecular weight is 368 g/mol. The molecule has 3 rings (SSSR count). The summed E-state index contributed by atoms with van der Waals surface area (Å²) in [5.74, 6) is -0.134. The average Bonchev–Trinajstić information content (AvgIpc) is 3.02. The number of hydrogen-bond acceptors (Lipinski definition) is 4. The van der Waals surface area contributed by atoms with Crippen LogP contribution in [0.5, 0.6) is 5.75 Å². The summed E-state index contributed by atoms with van der Waals surface area (Å²) in [6.45, 7) is 0.910. The molecule has 2 aromatic carbocycles. The highest BCUT2D eigenvalue weighted by Gasteiger charge is 2.30. The molecule has 1 aliphatic heterocycles. The molecule has 0 atom stereocenters. The van der Waals surface area contributed by atoms with Gasteiger partial charge in [-0.2, -0.15) is 0 Å². The second kappa shape index (κ2) is 7.77. The molecule has 0 spiro atoms. The minimum atomic E-state index is -0.533. The second-order valence-electron chi connectivity index (χ2n) is 6.04. The van der Waals surface area contributed by atoms with Gasteiger partial charge < -0.3 is 20.7 Å². The zero-order chi connectivity index (χ0) is 19.4. The number of nitrogens with two attached hydrogens (primary N) is 1. The summed E-state index contributed by atoms with van der Waals surface area (Å²) in [5, 5.41) is 2.71. The van der Waals surface area contributed by atoms with Crippen molar-refractivity contribution in [3.05, 3.63) is 54.1 Å². The van der Waals surface area contributed by atoms with E-state index in [-0.39, 0.29) is 18.5 Å². The lowest BCUT2D eigenvalue weighted by atomic mass is 10.2. The van der Waals surface area contributed by atoms with E-state index in [1.807, 2.05) is 0 Å². The zero-order valence-electron chi connectivity index (χ0n) is 14.8. The minimum absolute atomic E-state index is 0.0525. The minimum Gasteiger partial charge on any atom is -0.497 e. The number of carbonyl (C=O) groups is 3. The van der Waals surface area contributed by atoms with E-state index in [9.17, 15) is 14.4 Å². The highest BCUT2D eigenvalue weighted by Crippen LogP contribution is 2.23. The number of urea groups is 1. The fraction of sp³-hybridized carbons (Fsp3) is 0.211. The smallest absolute Gasteiger partial charge is 0.325 e. The molecule has 1 saturated heterocycles. The van der Waals surface area contributed by atoms with Crippen LogP contribution in [-0.4, -0.2) is 49.5 Å². The predicted molar refractivity (Wildman–Crippen MR) is 101 cm³/mol. The van der Waals surface area contributed by atoms with Crippen LogP contribution >= 0.6 is 0 Å². The number of hydrogen-bond donors (Lipinski definition) is 2. The van der Waals surface area contributed by atoms with Crippen molar-refractivity contribution in [1.29, 1.82) is 0 Å². The van der Waals surface area contributed by atoms with Crippen molar-refractivity contribution in [3.8, 4) is 5.75 Å². The Labute approximate surface area is 156 Å². The Balaban J connectivity index is 1.58. The fourth-order valence-electron chi connectivity index (χ4n) is 2.82. The molecule has 0 aliphatic carbocycles. The standard InChI is InChI=1S/C19H20N4O4/c1-27-16-8-6-15(7-9-16)23-11-10-22(19(23)26)12-17(24)21-14-4-2-13(3-5-14)18(20)25/h2-9H,10-12H2,1H3,(H2,20,25)(H,21,24). The normalized spacial score (nSPS) is 13.6. The summed E-state index contributed by atoms with van der Waals surface area (Å²) < 4.78 is 5.12. The van der Waals surface area contributed by atoms with Crippen LogP contribution < -0.4 is 20.7 Å². The SMILES string of the molecule is COc1ccc(N2CCN(CC(=O)Nc3ccc(C(N)=O)cc3)C2=O)cc1. The van der Waals surface area contributed by atoms with Crippen LogP contribution in [0.25, 0.3) is 0 Å². The Hall–Kier alpha value is -3.55. The molecule has 27 heavy (non-hydrogen) atoms. The second-order valence-corrected chi connectivity index (χ2v) is 6.04. The summed E-state index contributed by atoms with van der Waals surface area (Å²) in [7, 11) is 1.58. The highest BCUT2D eigenvalue weighted by atomic mass is 16.5. The number of amides is 4. The fourth-order valence-corrected chi connectivity index (χ4v) is 2.82. The van der Waals surface area contributed by atoms with Gasteiger partial charge in [-0.15, -0.1) is 0 Å². The van der Waals surface area contributed by atoms with Crippen LogP contribution in [0.1, 0.15) is 10.4 Å². The van der Waals surface area contributed by atoms with E-state index in [1.54, 1.807) is 48.4 Å². The van der Waals surface area contributed by atoms with Crippen molar-refractivity contribution >= 4 is 29.2 Å². The molecule has 0 bridgehead atoms. The van der Waals surface area contributed by atoms with Gasteiger partial charge in [0, 0.05) is 30.0 Å². The summed E-state index contributed by atoms with van der Waals surface area (Å²) >= 11 is 0. The summed E-state index contributed by atoms with van der Waals surface area (Å²) in [4.78, 5) is 39.0. The lowest BCUT2D eigenvalue weighted by Crippen LogP contribution is -2.37. The van der Waals surface area contributed by atoms with Crippen LogP contribution in [0, 0.1) is 0 Å². The molecule has 8 heteroatoms. The van der Waals surface area contributed by atoms with Crippen molar-refractivity contribution in [1.82, 2.24) is 4.90 Å². The van der Waals surface area contributed by atoms with Crippen molar-refractivity contribution in [2.45, 2.75) is 0 Å². The number of benzene rings is 2. The lowest BCUT2D eigenvalue weighted by molar-refractivity contribution is -0.116. The Kier molecular flexibility index (Phi) is 5.25. The maximum Gasteiger partial charge on any atom is 0.325 e. The number of primary amides is 1. The number of anilines is 2. The monoisotopic (exact) mass is 368 g/mol. The number of nitrogens with zero attached hydrogens (tertiary/aromatic N) is 2. The maximum absolute atomic E-state index is 12.6. The molecule has 140 valence electrons. The molecule has 8 nitrogen and oxygen atoms in total. The summed E-state index contributed by atoms with van der Waals surface area (Å²) in [5.41, 5.74) is 6.83. The van der Waals surface area contributed by atoms with Crippen molar-refractivity contribution in [3.63, 3.8) is 0 Å². The number of carbonyl (C=O) groups excluding carboxylic acids is 3. The molecular weight excluding hydrogens is 348 g/mol. The van der Waals surface area contributed by atoms with E-state index >= 15 is 0 Å². The van der Waals surface area contributed by atoms with Crippen LogP contribution in [0.2, 0.25) is 0 Å². The predicted octanol–water partition coefficient (Wildman–Crippen LogP) is 1.67. The van der Waals surface area contributed by atoms with Crippen molar-refractivity contribution in [2.75, 3.05) is 37.0 Å². The van der Waals surface area contributed by atoms with Gasteiger partial charge >= 0.3 is 6.03 Å². The van der Waals surface area contributed by atoms with E-state index in [2.05, 4.69) is 5.32 Å². The number of ether oxygens (including phenoxy) is 1. The molecule has 0 radical (unpaired) electrons. The quantitative estimate of drug-likeness (QED) is 0.809. The molecule has 0 aromatic heterocycles. The molecule has 2 aromatic rings. The van der Waals surface area contributed by atoms with Gasteiger partial charge in [0.2, 0.25) is 11.8 Å². The van der Waals surface area contributed by atoms with Gasteiger partial charge in [0.25, 0.3) is 0 Å². The lowest BCUT2D eigenvalue weighted by Gasteiger charge is -2.18. The van der Waals surface area contributed by atoms with E-state index in [4.69, 9.17) is 10.5 Å². The van der Waals surface area contributed by atoms with Crippen molar-refractivity contribution in [2.24, 2.45) is 5.73 Å². The zero-order valence-corrected chi connectivity index (χ0v) is 14.8. The Morgan fingerprint density at radius 1 is 1.07 bits per heavy atom. The number of rotatable bonds is 6. The van der Waals surface area contributed by atoms with Gasteiger partial charge in [-0.1, -0.05) is 0 Å². The third-order valence-corrected chi connectivity index (χ3v) is 4.27. The topological polar surface area (TPSA) is 105 Å². The first-order valence-corrected chi connectivity index (χ1v) is 8.38. The third kappa shape index (κ3) is 4.17. The maximum atomic E-state index is 12.6. The Morgan fingerprint density at radius 3 is 2.33 bits per heavy atom. The van der Waals surface area contributed by atoms with Gasteiger partial charge in [-0.3, -0.25) is 14.5 Å². The molecule has 1 aliphatic rings. The molecule has 3 N–H and O–H groups in total. The van der Waals surface area contributed by atoms with Crippen LogP contribution in [0.15, 0.2) is 48.5 Å². The van der Waals surface area contributed by atoms with Crippen LogP contribution in [0.4, 0.5) is 16.2 Å². The first-order chi connectivity index (χ1) is 13.0. The number of nitrogens with one attached hydrogen (secondary N) is 1. The molecule has 4 amide bonds. The van der Waals surface area contributed by atoms with Crippen LogP contribution in [0.3, 0.4) is 0 Å². The molecule has 1 fully saturated rings. The molecule has 0 unspecified atom stereocenters. The first kappa shape index (κ1) is 18.2. The molecule has 1 heterocycles. The van der Waals surface area contributed by atoms with Crippen LogP contribution in [-0.2, 0) is 4.79 Å². The largest absolute Gasteiger partial charge is 0.497 e. The number of methoxy groups -OCH3 is 1. The van der Waals surface area contributed by atoms with E-state index in [0.29, 0.717) is 30.1 Å². The first-order valence-electron chi connectivity index (χ1n) is 8.38. The van der Waals surface area contributed by atoms with Gasteiger partial charge in [0.05, 0.1) is 7.11 Å². The van der Waals surface area contributed by atoms with Gasteiger partial charge in [0.15, 0.2) is 0 Å². The summed E-state index contributed by atoms with van der Waals surface area (Å²) in [6, 6.07) is 13.2. The van der Waals surface area contributed by atoms with E-state index in [1.165, 1.54) is 17.0 Å². The Morgan fingerprint density at radius 2 is 1.74 bits per heavy atom. The van der Waals surface area contributed by atoms with Gasteiger partial charge in [-0.05, 0) is 48.5 Å². The molecule has 0 saturated carbocycles. The van der Waals surface area contributed by atoms with Gasteiger partial charge in [0.1, 0.15) is 12.3 Å². The Bertz CT molecular complexity index is 849. The third-order valence-electron chi connectivity index (χ3n) is 4.27. The van der Waals surface area contributed by atoms with Crippen molar-refractivity contribution < 1.29 is 19.1 Å². The summed E-state index contributed by atoms with van der Waals surface area (Å²) in [6.07, 6.45) is 0. The molecular formula is C19H20N4O4. The highest BCUT2D eigenvalue weighted by molar-refractivity contribution is 5.99. The van der Waals surface area contributed by atoms with Gasteiger partial charge in [-0.25, -0.2) is 4.79 Å². The van der Waals surface area contributed by atoms with E-state index in [0.717, 1.165) is 5.69 Å².